The van der Waals surface area contributed by atoms with Gasteiger partial charge >= 0.3 is 11.8 Å². The molecule has 7 nitrogen and oxygen atoms in total. The molecule has 0 saturated carbocycles. The van der Waals surface area contributed by atoms with Crippen LogP contribution in [0.25, 0.3) is 0 Å². The first-order valence-corrected chi connectivity index (χ1v) is 11.2. The van der Waals surface area contributed by atoms with E-state index in [9.17, 15) is 9.59 Å². The molecule has 2 N–H and O–H groups in total. The van der Waals surface area contributed by atoms with Crippen molar-refractivity contribution in [1.29, 1.82) is 0 Å². The average Bonchev–Trinajstić information content (AvgIpc) is 2.78. The number of hydrazone groups is 1. The molecule has 8 heteroatoms. The van der Waals surface area contributed by atoms with Crippen molar-refractivity contribution < 1.29 is 19.1 Å². The minimum Gasteiger partial charge on any atom is -0.490 e. The highest BCUT2D eigenvalue weighted by atomic mass is 79.9. The van der Waals surface area contributed by atoms with Gasteiger partial charge in [0.15, 0.2) is 11.5 Å². The van der Waals surface area contributed by atoms with Gasteiger partial charge in [0.05, 0.1) is 12.8 Å². The zero-order valence-corrected chi connectivity index (χ0v) is 19.9. The lowest BCUT2D eigenvalue weighted by Crippen LogP contribution is -2.38. The Hall–Kier alpha value is -3.13. The van der Waals surface area contributed by atoms with Gasteiger partial charge in [-0.25, -0.2) is 5.43 Å². The number of benzene rings is 2. The number of allylic oxidation sites excluding steroid dienone is 1. The number of rotatable bonds is 11. The van der Waals surface area contributed by atoms with Gasteiger partial charge in [0.25, 0.3) is 0 Å². The second-order valence-corrected chi connectivity index (χ2v) is 7.72. The monoisotopic (exact) mass is 501 g/mol. The normalized spacial score (nSPS) is 10.6. The van der Waals surface area contributed by atoms with Crippen LogP contribution in [0.5, 0.6) is 11.5 Å². The zero-order chi connectivity index (χ0) is 23.3. The Morgan fingerprint density at radius 3 is 2.53 bits per heavy atom. The van der Waals surface area contributed by atoms with E-state index in [1.165, 1.54) is 6.21 Å². The Morgan fingerprint density at radius 2 is 1.88 bits per heavy atom. The number of hydrogen-bond acceptors (Lipinski definition) is 5. The number of amides is 2. The first-order valence-electron chi connectivity index (χ1n) is 10.4. The molecule has 170 valence electrons. The lowest BCUT2D eigenvalue weighted by Gasteiger charge is -2.17. The standard InChI is InChI=1S/C24H28BrN3O4/c1-4-7-19-13-18(15-27-28-24(30)23(29)26-12-5-2)14-21(31-6-3)22(19)32-16-17-8-10-20(25)11-9-17/h4,8-11,13-15H,1,5-7,12,16H2,2-3H3,(H,26,29)(H,28,30)/b27-15-. The van der Waals surface area contributed by atoms with Crippen LogP contribution in [-0.4, -0.2) is 31.2 Å². The summed E-state index contributed by atoms with van der Waals surface area (Å²) in [5, 5.41) is 6.39. The Kier molecular flexibility index (Phi) is 10.5. The zero-order valence-electron chi connectivity index (χ0n) is 18.3. The predicted molar refractivity (Wildman–Crippen MR) is 129 cm³/mol. The first-order chi connectivity index (χ1) is 15.5. The summed E-state index contributed by atoms with van der Waals surface area (Å²) in [6.45, 7) is 8.88. The smallest absolute Gasteiger partial charge is 0.329 e. The Balaban J connectivity index is 2.20. The fourth-order valence-electron chi connectivity index (χ4n) is 2.76. The topological polar surface area (TPSA) is 89.0 Å². The molecule has 2 aromatic rings. The maximum Gasteiger partial charge on any atom is 0.329 e. The highest BCUT2D eigenvalue weighted by molar-refractivity contribution is 9.10. The van der Waals surface area contributed by atoms with Crippen LogP contribution in [0.15, 0.2) is 58.6 Å². The second kappa shape index (κ2) is 13.3. The van der Waals surface area contributed by atoms with Crippen molar-refractivity contribution in [2.45, 2.75) is 33.3 Å². The lowest BCUT2D eigenvalue weighted by molar-refractivity contribution is -0.139. The molecule has 0 atom stereocenters. The third-order valence-electron chi connectivity index (χ3n) is 4.24. The fraction of sp³-hybridized carbons (Fsp3) is 0.292. The summed E-state index contributed by atoms with van der Waals surface area (Å²) in [5.74, 6) is -0.337. The van der Waals surface area contributed by atoms with Crippen LogP contribution in [0, 0.1) is 0 Å². The van der Waals surface area contributed by atoms with E-state index in [4.69, 9.17) is 9.47 Å². The molecule has 0 aliphatic carbocycles. The van der Waals surface area contributed by atoms with Crippen molar-refractivity contribution in [3.05, 3.63) is 70.2 Å². The summed E-state index contributed by atoms with van der Waals surface area (Å²) >= 11 is 3.43. The van der Waals surface area contributed by atoms with Gasteiger partial charge in [-0.1, -0.05) is 41.1 Å². The van der Waals surface area contributed by atoms with Crippen LogP contribution in [-0.2, 0) is 22.6 Å². The van der Waals surface area contributed by atoms with Crippen LogP contribution in [0.1, 0.15) is 37.0 Å². The van der Waals surface area contributed by atoms with E-state index in [1.54, 1.807) is 12.1 Å². The molecule has 0 fully saturated rings. The number of nitrogens with zero attached hydrogens (tertiary/aromatic N) is 1. The summed E-state index contributed by atoms with van der Waals surface area (Å²) in [6, 6.07) is 11.6. The second-order valence-electron chi connectivity index (χ2n) is 6.80. The number of ether oxygens (including phenoxy) is 2. The molecule has 0 radical (unpaired) electrons. The van der Waals surface area contributed by atoms with Crippen molar-refractivity contribution in [2.24, 2.45) is 5.10 Å². The maximum absolute atomic E-state index is 11.8. The summed E-state index contributed by atoms with van der Waals surface area (Å²) in [5.41, 5.74) is 4.82. The Morgan fingerprint density at radius 1 is 1.12 bits per heavy atom. The molecule has 2 aromatic carbocycles. The molecule has 0 aliphatic heterocycles. The SMILES string of the molecule is C=CCc1cc(/C=N\NC(=O)C(=O)NCCC)cc(OCC)c1OCc1ccc(Br)cc1. The van der Waals surface area contributed by atoms with Crippen LogP contribution < -0.4 is 20.2 Å². The summed E-state index contributed by atoms with van der Waals surface area (Å²) < 4.78 is 12.9. The number of halogens is 1. The van der Waals surface area contributed by atoms with Gasteiger partial charge in [-0.05, 0) is 55.2 Å². The highest BCUT2D eigenvalue weighted by Gasteiger charge is 2.14. The van der Waals surface area contributed by atoms with E-state index in [1.807, 2.05) is 44.2 Å². The molecular weight excluding hydrogens is 474 g/mol. The van der Waals surface area contributed by atoms with E-state index in [0.29, 0.717) is 43.2 Å². The van der Waals surface area contributed by atoms with Crippen molar-refractivity contribution >= 4 is 34.0 Å². The number of hydrogen-bond donors (Lipinski definition) is 2. The van der Waals surface area contributed by atoms with Gasteiger partial charge in [-0.2, -0.15) is 5.10 Å². The van der Waals surface area contributed by atoms with E-state index >= 15 is 0 Å². The first kappa shape index (κ1) is 25.1. The molecule has 0 bridgehead atoms. The van der Waals surface area contributed by atoms with E-state index in [2.05, 4.69) is 38.4 Å². The number of carbonyl (C=O) groups is 2. The van der Waals surface area contributed by atoms with Gasteiger partial charge in [-0.15, -0.1) is 6.58 Å². The average molecular weight is 502 g/mol. The minimum atomic E-state index is -0.819. The molecule has 0 aromatic heterocycles. The lowest BCUT2D eigenvalue weighted by atomic mass is 10.1. The van der Waals surface area contributed by atoms with Crippen molar-refractivity contribution in [3.63, 3.8) is 0 Å². The molecule has 0 unspecified atom stereocenters. The third kappa shape index (κ3) is 7.85. The minimum absolute atomic E-state index is 0.383. The van der Waals surface area contributed by atoms with Gasteiger partial charge in [-0.3, -0.25) is 9.59 Å². The molecule has 2 amide bonds. The Bertz CT molecular complexity index is 958. The molecule has 0 aliphatic rings. The van der Waals surface area contributed by atoms with Gasteiger partial charge in [0.1, 0.15) is 6.61 Å². The van der Waals surface area contributed by atoms with Crippen molar-refractivity contribution in [1.82, 2.24) is 10.7 Å². The van der Waals surface area contributed by atoms with Crippen LogP contribution in [0.3, 0.4) is 0 Å². The van der Waals surface area contributed by atoms with Gasteiger partial charge in [0.2, 0.25) is 0 Å². The van der Waals surface area contributed by atoms with Gasteiger partial charge in [0, 0.05) is 16.6 Å². The molecular formula is C24H28BrN3O4. The van der Waals surface area contributed by atoms with Crippen molar-refractivity contribution in [2.75, 3.05) is 13.2 Å². The van der Waals surface area contributed by atoms with Crippen molar-refractivity contribution in [3.8, 4) is 11.5 Å². The molecule has 0 saturated heterocycles. The molecule has 2 rings (SSSR count). The van der Waals surface area contributed by atoms with E-state index in [0.717, 1.165) is 22.0 Å². The molecule has 0 spiro atoms. The third-order valence-corrected chi connectivity index (χ3v) is 4.76. The Labute approximate surface area is 197 Å². The quantitative estimate of drug-likeness (QED) is 0.209. The van der Waals surface area contributed by atoms with Crippen LogP contribution in [0.2, 0.25) is 0 Å². The fourth-order valence-corrected chi connectivity index (χ4v) is 3.03. The van der Waals surface area contributed by atoms with Crippen LogP contribution >= 0.6 is 15.9 Å². The van der Waals surface area contributed by atoms with Gasteiger partial charge < -0.3 is 14.8 Å². The largest absolute Gasteiger partial charge is 0.490 e. The number of carbonyl (C=O) groups excluding carboxylic acids is 2. The summed E-state index contributed by atoms with van der Waals surface area (Å²) in [4.78, 5) is 23.4. The van der Waals surface area contributed by atoms with E-state index < -0.39 is 11.8 Å². The molecule has 0 heterocycles. The molecule has 32 heavy (non-hydrogen) atoms. The van der Waals surface area contributed by atoms with Crippen LogP contribution in [0.4, 0.5) is 0 Å². The summed E-state index contributed by atoms with van der Waals surface area (Å²) in [7, 11) is 0. The highest BCUT2D eigenvalue weighted by Crippen LogP contribution is 2.34. The van der Waals surface area contributed by atoms with E-state index in [-0.39, 0.29) is 0 Å². The maximum atomic E-state index is 11.8. The summed E-state index contributed by atoms with van der Waals surface area (Å²) in [6.07, 6.45) is 4.53. The predicted octanol–water partition coefficient (Wildman–Crippen LogP) is 4.13. The number of nitrogens with one attached hydrogen (secondary N) is 2.